The fourth-order valence-electron chi connectivity index (χ4n) is 3.76. The molecule has 1 N–H and O–H groups in total. The first-order valence-corrected chi connectivity index (χ1v) is 12.4. The van der Waals surface area contributed by atoms with E-state index < -0.39 is 17.8 Å². The van der Waals surface area contributed by atoms with Crippen molar-refractivity contribution in [1.82, 2.24) is 9.80 Å². The monoisotopic (exact) mass is 533 g/mol. The smallest absolute Gasteiger partial charge is 0.416 e. The minimum atomic E-state index is -4.47. The van der Waals surface area contributed by atoms with Crippen LogP contribution < -0.4 is 14.8 Å². The summed E-state index contributed by atoms with van der Waals surface area (Å²) in [6.45, 7) is 4.12. The number of ether oxygens (including phenoxy) is 2. The molecule has 1 aliphatic rings. The fourth-order valence-corrected chi connectivity index (χ4v) is 4.47. The van der Waals surface area contributed by atoms with Crippen molar-refractivity contribution in [3.8, 4) is 11.5 Å². The number of urea groups is 1. The summed E-state index contributed by atoms with van der Waals surface area (Å²) in [7, 11) is 0. The molecule has 0 spiro atoms. The standard InChI is InChI=1S/C26H26F3N3O4S/c1-17(2)32(25(34)30-20-8-6-19(7-9-20)26(27,28)29)15-24(33)31(14-21-4-3-11-37-21)13-18-5-10-22-23(12-18)36-16-35-22/h3-12,17H,13-16H2,1-2H3,(H,30,34). The molecule has 2 heterocycles. The number of thiophene rings is 1. The minimum absolute atomic E-state index is 0.147. The van der Waals surface area contributed by atoms with Gasteiger partial charge in [-0.1, -0.05) is 12.1 Å². The Morgan fingerprint density at radius 1 is 1.03 bits per heavy atom. The second-order valence-corrected chi connectivity index (χ2v) is 9.78. The van der Waals surface area contributed by atoms with Crippen molar-refractivity contribution in [3.63, 3.8) is 0 Å². The number of rotatable bonds is 8. The summed E-state index contributed by atoms with van der Waals surface area (Å²) in [5.41, 5.74) is 0.237. The van der Waals surface area contributed by atoms with Crippen LogP contribution >= 0.6 is 11.3 Å². The van der Waals surface area contributed by atoms with E-state index in [-0.39, 0.29) is 31.0 Å². The molecule has 0 bridgehead atoms. The van der Waals surface area contributed by atoms with Crippen molar-refractivity contribution in [2.75, 3.05) is 18.7 Å². The molecule has 37 heavy (non-hydrogen) atoms. The lowest BCUT2D eigenvalue weighted by Gasteiger charge is -2.30. The highest BCUT2D eigenvalue weighted by molar-refractivity contribution is 7.09. The lowest BCUT2D eigenvalue weighted by atomic mass is 10.2. The van der Waals surface area contributed by atoms with Gasteiger partial charge in [-0.15, -0.1) is 11.3 Å². The molecule has 1 aliphatic heterocycles. The lowest BCUT2D eigenvalue weighted by molar-refractivity contribution is -0.137. The first kappa shape index (κ1) is 26.3. The molecule has 11 heteroatoms. The number of amides is 3. The number of alkyl halides is 3. The number of hydrogen-bond donors (Lipinski definition) is 1. The van der Waals surface area contributed by atoms with Crippen LogP contribution in [-0.4, -0.2) is 41.1 Å². The second kappa shape index (κ2) is 11.1. The zero-order valence-electron chi connectivity index (χ0n) is 20.2. The maximum Gasteiger partial charge on any atom is 0.416 e. The van der Waals surface area contributed by atoms with Gasteiger partial charge in [0.25, 0.3) is 0 Å². The number of benzene rings is 2. The summed E-state index contributed by atoms with van der Waals surface area (Å²) < 4.78 is 49.3. The molecule has 7 nitrogen and oxygen atoms in total. The normalized spacial score (nSPS) is 12.5. The van der Waals surface area contributed by atoms with Gasteiger partial charge in [0.2, 0.25) is 12.7 Å². The molecule has 0 fully saturated rings. The molecule has 3 amide bonds. The largest absolute Gasteiger partial charge is 0.454 e. The van der Waals surface area contributed by atoms with Gasteiger partial charge < -0.3 is 24.6 Å². The van der Waals surface area contributed by atoms with E-state index in [1.807, 2.05) is 29.6 Å². The molecule has 0 saturated heterocycles. The summed E-state index contributed by atoms with van der Waals surface area (Å²) in [5, 5.41) is 4.52. The molecular weight excluding hydrogens is 507 g/mol. The van der Waals surface area contributed by atoms with E-state index in [2.05, 4.69) is 5.32 Å². The van der Waals surface area contributed by atoms with Crippen LogP contribution in [-0.2, 0) is 24.1 Å². The van der Waals surface area contributed by atoms with Gasteiger partial charge in [-0.2, -0.15) is 13.2 Å². The predicted molar refractivity (Wildman–Crippen MR) is 133 cm³/mol. The molecular formula is C26H26F3N3O4S. The highest BCUT2D eigenvalue weighted by Crippen LogP contribution is 2.33. The van der Waals surface area contributed by atoms with Crippen molar-refractivity contribution in [1.29, 1.82) is 0 Å². The Kier molecular flexibility index (Phi) is 7.91. The van der Waals surface area contributed by atoms with E-state index in [0.717, 1.165) is 22.6 Å². The molecule has 0 saturated carbocycles. The average Bonchev–Trinajstić information content (AvgIpc) is 3.53. The van der Waals surface area contributed by atoms with Crippen molar-refractivity contribution >= 4 is 29.0 Å². The van der Waals surface area contributed by atoms with Crippen molar-refractivity contribution in [2.24, 2.45) is 0 Å². The van der Waals surface area contributed by atoms with E-state index in [4.69, 9.17) is 9.47 Å². The van der Waals surface area contributed by atoms with Crippen LogP contribution in [0, 0.1) is 0 Å². The maximum atomic E-state index is 13.5. The van der Waals surface area contributed by atoms with Crippen LogP contribution in [0.5, 0.6) is 11.5 Å². The van der Waals surface area contributed by atoms with E-state index in [0.29, 0.717) is 24.6 Å². The minimum Gasteiger partial charge on any atom is -0.454 e. The van der Waals surface area contributed by atoms with Gasteiger partial charge in [-0.25, -0.2) is 4.79 Å². The Morgan fingerprint density at radius 2 is 1.76 bits per heavy atom. The maximum absolute atomic E-state index is 13.5. The molecule has 0 unspecified atom stereocenters. The van der Waals surface area contributed by atoms with Crippen LogP contribution in [0.1, 0.15) is 29.9 Å². The first-order chi connectivity index (χ1) is 17.6. The number of anilines is 1. The Bertz CT molecular complexity index is 1230. The summed E-state index contributed by atoms with van der Waals surface area (Å²) in [6, 6.07) is 12.6. The highest BCUT2D eigenvalue weighted by atomic mass is 32.1. The first-order valence-electron chi connectivity index (χ1n) is 11.5. The topological polar surface area (TPSA) is 71.1 Å². The number of carbonyl (C=O) groups is 2. The zero-order chi connectivity index (χ0) is 26.6. The molecule has 1 aromatic heterocycles. The third kappa shape index (κ3) is 6.73. The second-order valence-electron chi connectivity index (χ2n) is 8.74. The van der Waals surface area contributed by atoms with Crippen molar-refractivity contribution in [3.05, 3.63) is 76.0 Å². The zero-order valence-corrected chi connectivity index (χ0v) is 21.1. The van der Waals surface area contributed by atoms with Crippen LogP contribution in [0.3, 0.4) is 0 Å². The fraction of sp³-hybridized carbons (Fsp3) is 0.308. The molecule has 0 aliphatic carbocycles. The van der Waals surface area contributed by atoms with Crippen molar-refractivity contribution in [2.45, 2.75) is 39.2 Å². The third-order valence-electron chi connectivity index (χ3n) is 5.74. The van der Waals surface area contributed by atoms with Crippen LogP contribution in [0.25, 0.3) is 0 Å². The van der Waals surface area contributed by atoms with Crippen molar-refractivity contribution < 1.29 is 32.2 Å². The number of carbonyl (C=O) groups excluding carboxylic acids is 2. The Labute approximate surface area is 216 Å². The van der Waals surface area contributed by atoms with E-state index in [1.165, 1.54) is 28.4 Å². The Balaban J connectivity index is 1.47. The predicted octanol–water partition coefficient (Wildman–Crippen LogP) is 5.97. The van der Waals surface area contributed by atoms with Gasteiger partial charge >= 0.3 is 12.2 Å². The summed E-state index contributed by atoms with van der Waals surface area (Å²) in [6.07, 6.45) is -4.47. The molecule has 0 atom stereocenters. The van der Waals surface area contributed by atoms with Gasteiger partial charge in [0.15, 0.2) is 11.5 Å². The van der Waals surface area contributed by atoms with Crippen LogP contribution in [0.2, 0.25) is 0 Å². The van der Waals surface area contributed by atoms with Crippen LogP contribution in [0.4, 0.5) is 23.7 Å². The molecule has 2 aromatic carbocycles. The Morgan fingerprint density at radius 3 is 2.41 bits per heavy atom. The third-order valence-corrected chi connectivity index (χ3v) is 6.60. The van der Waals surface area contributed by atoms with Crippen LogP contribution in [0.15, 0.2) is 60.0 Å². The highest BCUT2D eigenvalue weighted by Gasteiger charge is 2.30. The van der Waals surface area contributed by atoms with E-state index in [9.17, 15) is 22.8 Å². The van der Waals surface area contributed by atoms with Gasteiger partial charge in [-0.05, 0) is 67.3 Å². The lowest BCUT2D eigenvalue weighted by Crippen LogP contribution is -2.47. The average molecular weight is 534 g/mol. The SMILES string of the molecule is CC(C)N(CC(=O)N(Cc1ccc2c(c1)OCO2)Cc1cccs1)C(=O)Nc1ccc(C(F)(F)F)cc1. The van der Waals surface area contributed by atoms with E-state index in [1.54, 1.807) is 24.8 Å². The van der Waals surface area contributed by atoms with Gasteiger partial charge in [0.05, 0.1) is 12.1 Å². The quantitative estimate of drug-likeness (QED) is 0.388. The molecule has 4 rings (SSSR count). The van der Waals surface area contributed by atoms with E-state index >= 15 is 0 Å². The number of fused-ring (bicyclic) bond motifs is 1. The molecule has 3 aromatic rings. The van der Waals surface area contributed by atoms with Gasteiger partial charge in [0, 0.05) is 23.2 Å². The van der Waals surface area contributed by atoms with Gasteiger partial charge in [0.1, 0.15) is 6.54 Å². The summed E-state index contributed by atoms with van der Waals surface area (Å²) in [5.74, 6) is 0.980. The molecule has 0 radical (unpaired) electrons. The Hall–Kier alpha value is -3.73. The molecule has 196 valence electrons. The summed E-state index contributed by atoms with van der Waals surface area (Å²) in [4.78, 5) is 30.4. The number of nitrogens with one attached hydrogen (secondary N) is 1. The number of nitrogens with zero attached hydrogens (tertiary/aromatic N) is 2. The van der Waals surface area contributed by atoms with Gasteiger partial charge in [-0.3, -0.25) is 4.79 Å². The summed E-state index contributed by atoms with van der Waals surface area (Å²) >= 11 is 1.52. The number of halogens is 3. The number of hydrogen-bond acceptors (Lipinski definition) is 5.